The standard InChI is InChI=1S/C8H6BrN5/c9-5-1-2-6-7(3-5)14-8(4-10-6)11-12-13-14/h1-3,10H,4H2. The molecule has 6 heteroatoms. The highest BCUT2D eigenvalue weighted by atomic mass is 79.9. The van der Waals surface area contributed by atoms with Gasteiger partial charge < -0.3 is 5.32 Å². The van der Waals surface area contributed by atoms with E-state index in [0.29, 0.717) is 6.54 Å². The van der Waals surface area contributed by atoms with Crippen LogP contribution < -0.4 is 5.32 Å². The Morgan fingerprint density at radius 1 is 1.43 bits per heavy atom. The molecule has 14 heavy (non-hydrogen) atoms. The van der Waals surface area contributed by atoms with Crippen LogP contribution in [0.15, 0.2) is 22.7 Å². The summed E-state index contributed by atoms with van der Waals surface area (Å²) in [7, 11) is 0. The van der Waals surface area contributed by atoms with Crippen molar-refractivity contribution in [3.05, 3.63) is 28.5 Å². The molecule has 2 heterocycles. The number of nitrogens with one attached hydrogen (secondary N) is 1. The minimum atomic E-state index is 0.668. The van der Waals surface area contributed by atoms with Crippen molar-refractivity contribution in [1.82, 2.24) is 20.2 Å². The lowest BCUT2D eigenvalue weighted by atomic mass is 10.2. The van der Waals surface area contributed by atoms with Gasteiger partial charge in [0, 0.05) is 4.47 Å². The monoisotopic (exact) mass is 251 g/mol. The Morgan fingerprint density at radius 2 is 2.36 bits per heavy atom. The fraction of sp³-hybridized carbons (Fsp3) is 0.125. The van der Waals surface area contributed by atoms with Crippen LogP contribution in [-0.2, 0) is 6.54 Å². The summed E-state index contributed by atoms with van der Waals surface area (Å²) in [5.41, 5.74) is 2.03. The van der Waals surface area contributed by atoms with Crippen LogP contribution in [0.25, 0.3) is 5.69 Å². The molecule has 0 saturated carbocycles. The van der Waals surface area contributed by atoms with Gasteiger partial charge in [-0.3, -0.25) is 0 Å². The van der Waals surface area contributed by atoms with E-state index in [9.17, 15) is 0 Å². The van der Waals surface area contributed by atoms with E-state index in [2.05, 4.69) is 36.8 Å². The van der Waals surface area contributed by atoms with Crippen molar-refractivity contribution in [2.75, 3.05) is 5.32 Å². The molecule has 1 aromatic heterocycles. The van der Waals surface area contributed by atoms with Gasteiger partial charge in [-0.2, -0.15) is 4.68 Å². The van der Waals surface area contributed by atoms with Crippen LogP contribution in [0.1, 0.15) is 5.82 Å². The van der Waals surface area contributed by atoms with Crippen molar-refractivity contribution in [3.63, 3.8) is 0 Å². The third kappa shape index (κ3) is 1.04. The summed E-state index contributed by atoms with van der Waals surface area (Å²) in [5.74, 6) is 0.829. The summed E-state index contributed by atoms with van der Waals surface area (Å²) in [6.45, 7) is 0.668. The molecule has 3 rings (SSSR count). The Hall–Kier alpha value is -1.43. The number of rotatable bonds is 0. The van der Waals surface area contributed by atoms with Crippen LogP contribution >= 0.6 is 15.9 Å². The number of benzene rings is 1. The largest absolute Gasteiger partial charge is 0.376 e. The quantitative estimate of drug-likeness (QED) is 0.768. The first-order chi connectivity index (χ1) is 6.84. The van der Waals surface area contributed by atoms with Crippen LogP contribution in [0.5, 0.6) is 0 Å². The molecule has 70 valence electrons. The molecule has 1 N–H and O–H groups in total. The second kappa shape index (κ2) is 2.78. The third-order valence-electron chi connectivity index (χ3n) is 2.16. The molecular weight excluding hydrogens is 246 g/mol. The minimum absolute atomic E-state index is 0.668. The summed E-state index contributed by atoms with van der Waals surface area (Å²) >= 11 is 3.42. The molecule has 0 radical (unpaired) electrons. The van der Waals surface area contributed by atoms with Crippen molar-refractivity contribution >= 4 is 21.6 Å². The molecule has 1 aliphatic rings. The van der Waals surface area contributed by atoms with Crippen LogP contribution in [-0.4, -0.2) is 20.2 Å². The van der Waals surface area contributed by atoms with E-state index in [0.717, 1.165) is 21.7 Å². The van der Waals surface area contributed by atoms with Gasteiger partial charge in [0.05, 0.1) is 17.9 Å². The molecule has 5 nitrogen and oxygen atoms in total. The third-order valence-corrected chi connectivity index (χ3v) is 2.65. The summed E-state index contributed by atoms with van der Waals surface area (Å²) < 4.78 is 2.76. The van der Waals surface area contributed by atoms with Crippen molar-refractivity contribution in [3.8, 4) is 5.69 Å². The smallest absolute Gasteiger partial charge is 0.175 e. The SMILES string of the molecule is Brc1ccc2c(c1)-n1nnnc1CN2. The fourth-order valence-electron chi connectivity index (χ4n) is 1.51. The van der Waals surface area contributed by atoms with E-state index < -0.39 is 0 Å². The number of anilines is 1. The summed E-state index contributed by atoms with van der Waals surface area (Å²) in [6, 6.07) is 5.98. The maximum absolute atomic E-state index is 3.93. The van der Waals surface area contributed by atoms with E-state index in [1.54, 1.807) is 4.68 Å². The Labute approximate surface area is 88.2 Å². The van der Waals surface area contributed by atoms with Crippen LogP contribution in [0.4, 0.5) is 5.69 Å². The number of fused-ring (bicyclic) bond motifs is 3. The van der Waals surface area contributed by atoms with Crippen molar-refractivity contribution in [2.45, 2.75) is 6.54 Å². The maximum Gasteiger partial charge on any atom is 0.175 e. The number of halogens is 1. The van der Waals surface area contributed by atoms with E-state index in [4.69, 9.17) is 0 Å². The van der Waals surface area contributed by atoms with Gasteiger partial charge in [0.25, 0.3) is 0 Å². The first-order valence-corrected chi connectivity index (χ1v) is 4.95. The molecule has 0 atom stereocenters. The minimum Gasteiger partial charge on any atom is -0.376 e. The second-order valence-corrected chi connectivity index (χ2v) is 3.94. The lowest BCUT2D eigenvalue weighted by Crippen LogP contribution is -2.16. The average Bonchev–Trinajstić information content (AvgIpc) is 2.65. The van der Waals surface area contributed by atoms with Gasteiger partial charge in [-0.05, 0) is 28.6 Å². The Balaban J connectivity index is 2.28. The lowest BCUT2D eigenvalue weighted by Gasteiger charge is -2.17. The van der Waals surface area contributed by atoms with Gasteiger partial charge >= 0.3 is 0 Å². The van der Waals surface area contributed by atoms with Gasteiger partial charge in [0.1, 0.15) is 0 Å². The van der Waals surface area contributed by atoms with E-state index in [-0.39, 0.29) is 0 Å². The fourth-order valence-corrected chi connectivity index (χ4v) is 1.86. The Kier molecular flexibility index (Phi) is 1.57. The zero-order valence-electron chi connectivity index (χ0n) is 7.11. The van der Waals surface area contributed by atoms with Crippen molar-refractivity contribution in [2.24, 2.45) is 0 Å². The maximum atomic E-state index is 3.93. The van der Waals surface area contributed by atoms with E-state index in [1.165, 1.54) is 0 Å². The number of tetrazole rings is 1. The second-order valence-electron chi connectivity index (χ2n) is 3.02. The molecule has 0 unspecified atom stereocenters. The molecular formula is C8H6BrN5. The molecule has 0 aliphatic carbocycles. The predicted octanol–water partition coefficient (Wildman–Crippen LogP) is 1.35. The number of hydrogen-bond acceptors (Lipinski definition) is 4. The van der Waals surface area contributed by atoms with Gasteiger partial charge in [0.15, 0.2) is 5.82 Å². The number of aromatic nitrogens is 4. The molecule has 0 saturated heterocycles. The first kappa shape index (κ1) is 7.93. The van der Waals surface area contributed by atoms with Gasteiger partial charge in [-0.1, -0.05) is 15.9 Å². The highest BCUT2D eigenvalue weighted by Gasteiger charge is 2.17. The average molecular weight is 252 g/mol. The van der Waals surface area contributed by atoms with Crippen LogP contribution in [0.2, 0.25) is 0 Å². The van der Waals surface area contributed by atoms with Gasteiger partial charge in [-0.15, -0.1) is 5.10 Å². The van der Waals surface area contributed by atoms with Crippen molar-refractivity contribution in [1.29, 1.82) is 0 Å². The topological polar surface area (TPSA) is 55.6 Å². The first-order valence-electron chi connectivity index (χ1n) is 4.15. The van der Waals surface area contributed by atoms with Gasteiger partial charge in [-0.25, -0.2) is 0 Å². The molecule has 0 spiro atoms. The van der Waals surface area contributed by atoms with E-state index >= 15 is 0 Å². The molecule has 1 aliphatic heterocycles. The zero-order valence-corrected chi connectivity index (χ0v) is 8.69. The lowest BCUT2D eigenvalue weighted by molar-refractivity contribution is 0.754. The van der Waals surface area contributed by atoms with Crippen molar-refractivity contribution < 1.29 is 0 Å². The number of hydrogen-bond donors (Lipinski definition) is 1. The predicted molar refractivity (Wildman–Crippen MR) is 54.2 cm³/mol. The summed E-state index contributed by atoms with van der Waals surface area (Å²) in [5, 5.41) is 14.7. The summed E-state index contributed by atoms with van der Waals surface area (Å²) in [4.78, 5) is 0. The highest BCUT2D eigenvalue weighted by Crippen LogP contribution is 2.27. The normalized spacial score (nSPS) is 12.9. The van der Waals surface area contributed by atoms with Gasteiger partial charge in [0.2, 0.25) is 0 Å². The molecule has 0 amide bonds. The van der Waals surface area contributed by atoms with Crippen LogP contribution in [0, 0.1) is 0 Å². The molecule has 0 fully saturated rings. The van der Waals surface area contributed by atoms with E-state index in [1.807, 2.05) is 18.2 Å². The Morgan fingerprint density at radius 3 is 3.29 bits per heavy atom. The molecule has 2 aromatic rings. The van der Waals surface area contributed by atoms with Crippen LogP contribution in [0.3, 0.4) is 0 Å². The zero-order chi connectivity index (χ0) is 9.54. The Bertz CT molecular complexity index is 492. The number of nitrogens with zero attached hydrogens (tertiary/aromatic N) is 4. The highest BCUT2D eigenvalue weighted by molar-refractivity contribution is 9.10. The molecule has 1 aromatic carbocycles. The molecule has 0 bridgehead atoms. The summed E-state index contributed by atoms with van der Waals surface area (Å²) in [6.07, 6.45) is 0.